The molecule has 0 radical (unpaired) electrons. The van der Waals surface area contributed by atoms with E-state index >= 15 is 0 Å². The van der Waals surface area contributed by atoms with Gasteiger partial charge in [-0.05, 0) is 48.7 Å². The van der Waals surface area contributed by atoms with Gasteiger partial charge in [0.05, 0.1) is 24.4 Å². The van der Waals surface area contributed by atoms with Gasteiger partial charge in [0, 0.05) is 23.9 Å². The summed E-state index contributed by atoms with van der Waals surface area (Å²) in [5.74, 6) is 2.29. The second-order valence-corrected chi connectivity index (χ2v) is 7.34. The van der Waals surface area contributed by atoms with Crippen LogP contribution in [-0.4, -0.2) is 29.7 Å². The molecule has 3 heterocycles. The Bertz CT molecular complexity index is 1090. The van der Waals surface area contributed by atoms with E-state index in [4.69, 9.17) is 19.2 Å². The first-order valence-corrected chi connectivity index (χ1v) is 9.57. The summed E-state index contributed by atoms with van der Waals surface area (Å²) in [7, 11) is 1.61. The topological polar surface area (TPSA) is 70.5 Å². The number of carbonyl (C=O) groups is 1. The van der Waals surface area contributed by atoms with Crippen LogP contribution in [0.2, 0.25) is 0 Å². The van der Waals surface area contributed by atoms with Crippen molar-refractivity contribution in [1.82, 2.24) is 9.97 Å². The van der Waals surface area contributed by atoms with Gasteiger partial charge in [0.2, 0.25) is 6.79 Å². The highest BCUT2D eigenvalue weighted by Crippen LogP contribution is 2.51. The van der Waals surface area contributed by atoms with Crippen LogP contribution in [0.3, 0.4) is 0 Å². The van der Waals surface area contributed by atoms with Crippen LogP contribution in [0, 0.1) is 0 Å². The molecule has 1 fully saturated rings. The van der Waals surface area contributed by atoms with Crippen LogP contribution in [0.25, 0.3) is 11.3 Å². The third-order valence-electron chi connectivity index (χ3n) is 5.64. The second kappa shape index (κ2) is 6.88. The van der Waals surface area contributed by atoms with Crippen molar-refractivity contribution in [2.75, 3.05) is 13.9 Å². The fourth-order valence-corrected chi connectivity index (χ4v) is 3.86. The Morgan fingerprint density at radius 1 is 1.14 bits per heavy atom. The number of hydrogen-bond donors (Lipinski definition) is 0. The largest absolute Gasteiger partial charge is 0.494 e. The van der Waals surface area contributed by atoms with Crippen LogP contribution in [-0.2, 0) is 16.6 Å². The Morgan fingerprint density at radius 3 is 2.83 bits per heavy atom. The van der Waals surface area contributed by atoms with Gasteiger partial charge in [-0.3, -0.25) is 14.8 Å². The van der Waals surface area contributed by atoms with Crippen molar-refractivity contribution in [2.45, 2.75) is 24.7 Å². The lowest BCUT2D eigenvalue weighted by Gasteiger charge is -2.15. The van der Waals surface area contributed by atoms with E-state index in [-0.39, 0.29) is 19.0 Å². The van der Waals surface area contributed by atoms with Gasteiger partial charge in [-0.15, -0.1) is 0 Å². The molecule has 0 N–H and O–H groups in total. The molecule has 1 aromatic carbocycles. The third kappa shape index (κ3) is 3.10. The fraction of sp³-hybridized carbons (Fsp3) is 0.261. The average Bonchev–Trinajstić information content (AvgIpc) is 3.45. The number of benzene rings is 1. The van der Waals surface area contributed by atoms with E-state index in [0.29, 0.717) is 11.5 Å². The van der Waals surface area contributed by atoms with Crippen molar-refractivity contribution in [3.05, 3.63) is 66.1 Å². The van der Waals surface area contributed by atoms with Crippen LogP contribution in [0.5, 0.6) is 17.2 Å². The van der Waals surface area contributed by atoms with E-state index in [9.17, 15) is 4.79 Å². The smallest absolute Gasteiger partial charge is 0.231 e. The standard InChI is InChI=1S/C23H20N2O4/c1-27-21-13-24-10-7-17(21)18-4-2-3-16(25-18)12-22(26)23(8-9-23)15-5-6-19-20(11-15)29-14-28-19/h2-7,10-11,13H,8-9,12,14H2,1H3. The van der Waals surface area contributed by atoms with Gasteiger partial charge >= 0.3 is 0 Å². The van der Waals surface area contributed by atoms with E-state index in [2.05, 4.69) is 4.98 Å². The van der Waals surface area contributed by atoms with Gasteiger partial charge in [-0.1, -0.05) is 12.1 Å². The molecule has 2 aliphatic rings. The van der Waals surface area contributed by atoms with Crippen molar-refractivity contribution < 1.29 is 19.0 Å². The van der Waals surface area contributed by atoms with Crippen molar-refractivity contribution in [3.8, 4) is 28.5 Å². The predicted molar refractivity (Wildman–Crippen MR) is 106 cm³/mol. The Morgan fingerprint density at radius 2 is 2.00 bits per heavy atom. The van der Waals surface area contributed by atoms with Crippen LogP contribution in [0.1, 0.15) is 24.1 Å². The molecule has 0 saturated heterocycles. The first-order chi connectivity index (χ1) is 14.2. The molecule has 146 valence electrons. The maximum absolute atomic E-state index is 13.2. The second-order valence-electron chi connectivity index (χ2n) is 7.34. The summed E-state index contributed by atoms with van der Waals surface area (Å²) in [5.41, 5.74) is 2.93. The average molecular weight is 388 g/mol. The Balaban J connectivity index is 1.40. The van der Waals surface area contributed by atoms with Crippen molar-refractivity contribution in [2.24, 2.45) is 0 Å². The number of ether oxygens (including phenoxy) is 3. The molecule has 6 nitrogen and oxygen atoms in total. The third-order valence-corrected chi connectivity index (χ3v) is 5.64. The maximum Gasteiger partial charge on any atom is 0.231 e. The number of Topliss-reactive ketones (excluding diaryl/α,β-unsaturated/α-hetero) is 1. The molecule has 0 amide bonds. The number of aromatic nitrogens is 2. The zero-order valence-electron chi connectivity index (χ0n) is 16.1. The molecular weight excluding hydrogens is 368 g/mol. The van der Waals surface area contributed by atoms with Gasteiger partial charge < -0.3 is 14.2 Å². The molecule has 0 atom stereocenters. The van der Waals surface area contributed by atoms with E-state index < -0.39 is 5.41 Å². The predicted octanol–water partition coefficient (Wildman–Crippen LogP) is 3.72. The lowest BCUT2D eigenvalue weighted by molar-refractivity contribution is -0.120. The normalized spacial score (nSPS) is 15.8. The Hall–Kier alpha value is -3.41. The minimum absolute atomic E-state index is 0.183. The number of hydrogen-bond acceptors (Lipinski definition) is 6. The summed E-state index contributed by atoms with van der Waals surface area (Å²) >= 11 is 0. The summed E-state index contributed by atoms with van der Waals surface area (Å²) in [6.07, 6.45) is 5.35. The number of carbonyl (C=O) groups excluding carboxylic acids is 1. The first-order valence-electron chi connectivity index (χ1n) is 9.57. The number of methoxy groups -OCH3 is 1. The molecule has 0 unspecified atom stereocenters. The minimum atomic E-state index is -0.437. The van der Waals surface area contributed by atoms with E-state index in [1.54, 1.807) is 19.5 Å². The lowest BCUT2D eigenvalue weighted by atomic mass is 9.88. The number of nitrogens with zero attached hydrogens (tertiary/aromatic N) is 2. The van der Waals surface area contributed by atoms with E-state index in [0.717, 1.165) is 41.1 Å². The molecule has 5 rings (SSSR count). The monoisotopic (exact) mass is 388 g/mol. The fourth-order valence-electron chi connectivity index (χ4n) is 3.86. The number of rotatable bonds is 6. The highest BCUT2D eigenvalue weighted by Gasteiger charge is 2.50. The number of pyridine rings is 2. The van der Waals surface area contributed by atoms with E-state index in [1.165, 1.54) is 0 Å². The quantitative estimate of drug-likeness (QED) is 0.641. The van der Waals surface area contributed by atoms with Gasteiger partial charge in [0.25, 0.3) is 0 Å². The molecule has 1 aliphatic heterocycles. The van der Waals surface area contributed by atoms with Gasteiger partial charge in [-0.25, -0.2) is 0 Å². The highest BCUT2D eigenvalue weighted by molar-refractivity contribution is 5.94. The van der Waals surface area contributed by atoms with Crippen molar-refractivity contribution in [1.29, 1.82) is 0 Å². The van der Waals surface area contributed by atoms with Crippen LogP contribution < -0.4 is 14.2 Å². The molecule has 3 aromatic rings. The van der Waals surface area contributed by atoms with Crippen molar-refractivity contribution in [3.63, 3.8) is 0 Å². The zero-order valence-corrected chi connectivity index (χ0v) is 16.1. The van der Waals surface area contributed by atoms with Gasteiger partial charge in [0.15, 0.2) is 11.5 Å². The SMILES string of the molecule is COc1cnccc1-c1cccc(CC(=O)C2(c3ccc4c(c3)OCO4)CC2)n1. The summed E-state index contributed by atoms with van der Waals surface area (Å²) in [5, 5.41) is 0. The molecular formula is C23H20N2O4. The summed E-state index contributed by atoms with van der Waals surface area (Å²) in [4.78, 5) is 22.0. The Labute approximate surface area is 168 Å². The van der Waals surface area contributed by atoms with Crippen molar-refractivity contribution >= 4 is 5.78 Å². The lowest BCUT2D eigenvalue weighted by Crippen LogP contribution is -2.23. The van der Waals surface area contributed by atoms with Crippen LogP contribution in [0.4, 0.5) is 0 Å². The molecule has 1 aliphatic carbocycles. The molecule has 29 heavy (non-hydrogen) atoms. The molecule has 0 bridgehead atoms. The van der Waals surface area contributed by atoms with Crippen LogP contribution >= 0.6 is 0 Å². The molecule has 2 aromatic heterocycles. The summed E-state index contributed by atoms with van der Waals surface area (Å²) < 4.78 is 16.3. The molecule has 0 spiro atoms. The summed E-state index contributed by atoms with van der Waals surface area (Å²) in [6.45, 7) is 0.231. The summed E-state index contributed by atoms with van der Waals surface area (Å²) in [6, 6.07) is 13.4. The molecule has 1 saturated carbocycles. The Kier molecular flexibility index (Phi) is 4.19. The number of ketones is 1. The van der Waals surface area contributed by atoms with Gasteiger partial charge in [-0.2, -0.15) is 0 Å². The zero-order chi connectivity index (χ0) is 19.8. The first kappa shape index (κ1) is 17.7. The van der Waals surface area contributed by atoms with E-state index in [1.807, 2.05) is 42.5 Å². The number of fused-ring (bicyclic) bond motifs is 1. The highest BCUT2D eigenvalue weighted by atomic mass is 16.7. The maximum atomic E-state index is 13.2. The minimum Gasteiger partial charge on any atom is -0.494 e. The molecule has 6 heteroatoms. The van der Waals surface area contributed by atoms with Crippen LogP contribution in [0.15, 0.2) is 54.9 Å². The van der Waals surface area contributed by atoms with Gasteiger partial charge in [0.1, 0.15) is 11.5 Å².